The zero-order valence-corrected chi connectivity index (χ0v) is 12.6. The summed E-state index contributed by atoms with van der Waals surface area (Å²) in [6, 6.07) is 6.38. The summed E-state index contributed by atoms with van der Waals surface area (Å²) in [4.78, 5) is 7.12. The zero-order valence-electron chi connectivity index (χ0n) is 11.0. The lowest BCUT2D eigenvalue weighted by Crippen LogP contribution is -2.41. The van der Waals surface area contributed by atoms with Gasteiger partial charge >= 0.3 is 0 Å². The second kappa shape index (κ2) is 5.65. The molecule has 19 heavy (non-hydrogen) atoms. The SMILES string of the molecule is CCN1CCCC(Nc2nc3ccc(Cl)cc3s2)C1. The summed E-state index contributed by atoms with van der Waals surface area (Å²) in [7, 11) is 0. The maximum Gasteiger partial charge on any atom is 0.184 e. The summed E-state index contributed by atoms with van der Waals surface area (Å²) >= 11 is 7.70. The number of piperidine rings is 1. The summed E-state index contributed by atoms with van der Waals surface area (Å²) < 4.78 is 1.15. The molecular weight excluding hydrogens is 278 g/mol. The van der Waals surface area contributed by atoms with Crippen LogP contribution in [-0.4, -0.2) is 35.6 Å². The molecule has 0 spiro atoms. The number of anilines is 1. The van der Waals surface area contributed by atoms with Crippen molar-refractivity contribution in [3.63, 3.8) is 0 Å². The molecule has 1 saturated heterocycles. The molecule has 1 fully saturated rings. The van der Waals surface area contributed by atoms with E-state index in [0.717, 1.165) is 33.5 Å². The van der Waals surface area contributed by atoms with E-state index in [1.165, 1.54) is 19.4 Å². The van der Waals surface area contributed by atoms with Crippen molar-refractivity contribution in [2.45, 2.75) is 25.8 Å². The Kier molecular flexibility index (Phi) is 3.91. The minimum absolute atomic E-state index is 0.518. The first-order valence-corrected chi connectivity index (χ1v) is 7.99. The third kappa shape index (κ3) is 3.02. The van der Waals surface area contributed by atoms with Gasteiger partial charge in [-0.15, -0.1) is 0 Å². The molecule has 0 radical (unpaired) electrons. The molecule has 0 saturated carbocycles. The summed E-state index contributed by atoms with van der Waals surface area (Å²) in [6.45, 7) is 5.70. The Morgan fingerprint density at radius 1 is 1.53 bits per heavy atom. The largest absolute Gasteiger partial charge is 0.357 e. The maximum absolute atomic E-state index is 6.01. The van der Waals surface area contributed by atoms with E-state index in [0.29, 0.717) is 6.04 Å². The van der Waals surface area contributed by atoms with E-state index in [9.17, 15) is 0 Å². The van der Waals surface area contributed by atoms with Crippen LogP contribution in [0.1, 0.15) is 19.8 Å². The second-order valence-corrected chi connectivity index (χ2v) is 6.47. The number of thiazole rings is 1. The number of likely N-dealkylation sites (N-methyl/N-ethyl adjacent to an activating group) is 1. The van der Waals surface area contributed by atoms with E-state index in [4.69, 9.17) is 11.6 Å². The molecular formula is C14H18ClN3S. The van der Waals surface area contributed by atoms with Gasteiger partial charge in [-0.05, 0) is 44.1 Å². The Morgan fingerprint density at radius 3 is 3.26 bits per heavy atom. The van der Waals surface area contributed by atoms with E-state index >= 15 is 0 Å². The highest BCUT2D eigenvalue weighted by molar-refractivity contribution is 7.22. The summed E-state index contributed by atoms with van der Waals surface area (Å²) in [5, 5.41) is 5.37. The fourth-order valence-electron chi connectivity index (χ4n) is 2.60. The van der Waals surface area contributed by atoms with E-state index in [1.807, 2.05) is 18.2 Å². The van der Waals surface area contributed by atoms with Crippen LogP contribution in [0.5, 0.6) is 0 Å². The predicted molar refractivity (Wildman–Crippen MR) is 83.4 cm³/mol. The van der Waals surface area contributed by atoms with Crippen LogP contribution in [-0.2, 0) is 0 Å². The topological polar surface area (TPSA) is 28.2 Å². The monoisotopic (exact) mass is 295 g/mol. The van der Waals surface area contributed by atoms with Gasteiger partial charge in [0.2, 0.25) is 0 Å². The normalized spacial score (nSPS) is 20.8. The number of aromatic nitrogens is 1. The minimum Gasteiger partial charge on any atom is -0.357 e. The van der Waals surface area contributed by atoms with Gasteiger partial charge in [-0.3, -0.25) is 0 Å². The number of hydrogen-bond donors (Lipinski definition) is 1. The van der Waals surface area contributed by atoms with Crippen molar-refractivity contribution < 1.29 is 0 Å². The summed E-state index contributed by atoms with van der Waals surface area (Å²) in [5.74, 6) is 0. The predicted octanol–water partition coefficient (Wildman–Crippen LogP) is 3.85. The Hall–Kier alpha value is -0.840. The number of benzene rings is 1. The van der Waals surface area contributed by atoms with Crippen molar-refractivity contribution in [2.75, 3.05) is 25.0 Å². The molecule has 1 aliphatic heterocycles. The standard InChI is InChI=1S/C14H18ClN3S/c1-2-18-7-3-4-11(9-18)16-14-17-12-6-5-10(15)8-13(12)19-14/h5-6,8,11H,2-4,7,9H2,1H3,(H,16,17). The fraction of sp³-hybridized carbons (Fsp3) is 0.500. The van der Waals surface area contributed by atoms with Gasteiger partial charge in [-0.1, -0.05) is 29.9 Å². The Labute approximate surface area is 122 Å². The van der Waals surface area contributed by atoms with Gasteiger partial charge in [0, 0.05) is 17.6 Å². The molecule has 0 aliphatic carbocycles. The molecule has 0 amide bonds. The van der Waals surface area contributed by atoms with E-state index < -0.39 is 0 Å². The molecule has 1 unspecified atom stereocenters. The number of nitrogens with one attached hydrogen (secondary N) is 1. The number of halogens is 1. The number of fused-ring (bicyclic) bond motifs is 1. The second-order valence-electron chi connectivity index (χ2n) is 5.01. The van der Waals surface area contributed by atoms with Crippen molar-refractivity contribution >= 4 is 38.3 Å². The molecule has 1 N–H and O–H groups in total. The van der Waals surface area contributed by atoms with Gasteiger partial charge in [0.25, 0.3) is 0 Å². The first-order valence-electron chi connectivity index (χ1n) is 6.79. The van der Waals surface area contributed by atoms with Gasteiger partial charge < -0.3 is 10.2 Å². The molecule has 102 valence electrons. The molecule has 1 aromatic heterocycles. The first kappa shape index (κ1) is 13.2. The molecule has 5 heteroatoms. The van der Waals surface area contributed by atoms with Gasteiger partial charge in [0.1, 0.15) is 0 Å². The van der Waals surface area contributed by atoms with Crippen LogP contribution in [0, 0.1) is 0 Å². The molecule has 2 heterocycles. The molecule has 1 atom stereocenters. The smallest absolute Gasteiger partial charge is 0.184 e. The van der Waals surface area contributed by atoms with Gasteiger partial charge in [0.15, 0.2) is 5.13 Å². The Balaban J connectivity index is 1.74. The zero-order chi connectivity index (χ0) is 13.2. The highest BCUT2D eigenvalue weighted by atomic mass is 35.5. The molecule has 0 bridgehead atoms. The minimum atomic E-state index is 0.518. The van der Waals surface area contributed by atoms with Gasteiger partial charge in [-0.25, -0.2) is 4.98 Å². The average Bonchev–Trinajstić information content (AvgIpc) is 2.80. The number of hydrogen-bond acceptors (Lipinski definition) is 4. The third-order valence-corrected chi connectivity index (χ3v) is 4.82. The number of likely N-dealkylation sites (tertiary alicyclic amines) is 1. The van der Waals surface area contributed by atoms with Crippen LogP contribution in [0.25, 0.3) is 10.2 Å². The van der Waals surface area contributed by atoms with Crippen molar-refractivity contribution in [2.24, 2.45) is 0 Å². The lowest BCUT2D eigenvalue weighted by atomic mass is 10.1. The molecule has 1 aliphatic rings. The molecule has 3 rings (SSSR count). The Bertz CT molecular complexity index is 569. The molecule has 2 aromatic rings. The van der Waals surface area contributed by atoms with Crippen molar-refractivity contribution in [3.05, 3.63) is 23.2 Å². The van der Waals surface area contributed by atoms with E-state index in [-0.39, 0.29) is 0 Å². The van der Waals surface area contributed by atoms with Gasteiger partial charge in [-0.2, -0.15) is 0 Å². The van der Waals surface area contributed by atoms with Crippen LogP contribution >= 0.6 is 22.9 Å². The van der Waals surface area contributed by atoms with Crippen molar-refractivity contribution in [3.8, 4) is 0 Å². The van der Waals surface area contributed by atoms with Crippen LogP contribution in [0.15, 0.2) is 18.2 Å². The fourth-order valence-corrected chi connectivity index (χ4v) is 3.81. The third-order valence-electron chi connectivity index (χ3n) is 3.63. The Morgan fingerprint density at radius 2 is 2.42 bits per heavy atom. The molecule has 1 aromatic carbocycles. The van der Waals surface area contributed by atoms with Gasteiger partial charge in [0.05, 0.1) is 10.2 Å². The lowest BCUT2D eigenvalue weighted by Gasteiger charge is -2.32. The molecule has 3 nitrogen and oxygen atoms in total. The highest BCUT2D eigenvalue weighted by Crippen LogP contribution is 2.29. The van der Waals surface area contributed by atoms with Crippen LogP contribution < -0.4 is 5.32 Å². The first-order chi connectivity index (χ1) is 9.24. The summed E-state index contributed by atoms with van der Waals surface area (Å²) in [5.41, 5.74) is 1.03. The van der Waals surface area contributed by atoms with Crippen LogP contribution in [0.3, 0.4) is 0 Å². The van der Waals surface area contributed by atoms with Crippen molar-refractivity contribution in [1.29, 1.82) is 0 Å². The van der Waals surface area contributed by atoms with Crippen LogP contribution in [0.2, 0.25) is 5.02 Å². The van der Waals surface area contributed by atoms with E-state index in [2.05, 4.69) is 22.1 Å². The lowest BCUT2D eigenvalue weighted by molar-refractivity contribution is 0.227. The summed E-state index contributed by atoms with van der Waals surface area (Å²) in [6.07, 6.45) is 2.50. The average molecular weight is 296 g/mol. The highest BCUT2D eigenvalue weighted by Gasteiger charge is 2.19. The quantitative estimate of drug-likeness (QED) is 0.932. The van der Waals surface area contributed by atoms with Crippen LogP contribution in [0.4, 0.5) is 5.13 Å². The number of nitrogens with zero attached hydrogens (tertiary/aromatic N) is 2. The maximum atomic E-state index is 6.01. The van der Waals surface area contributed by atoms with Crippen molar-refractivity contribution in [1.82, 2.24) is 9.88 Å². The number of rotatable bonds is 3. The van der Waals surface area contributed by atoms with E-state index in [1.54, 1.807) is 11.3 Å².